The van der Waals surface area contributed by atoms with Gasteiger partial charge in [-0.15, -0.1) is 11.3 Å². The molecule has 5 heterocycles. The zero-order valence-electron chi connectivity index (χ0n) is 29.4. The first-order valence-corrected chi connectivity index (χ1v) is 19.5. The maximum Gasteiger partial charge on any atom is 0.160 e. The van der Waals surface area contributed by atoms with E-state index in [2.05, 4.69) is 173 Å². The van der Waals surface area contributed by atoms with E-state index in [9.17, 15) is 0 Å². The fourth-order valence-corrected chi connectivity index (χ4v) is 10.5. The molecule has 4 nitrogen and oxygen atoms in total. The highest BCUT2D eigenvalue weighted by Gasteiger charge is 2.25. The number of thiophene rings is 1. The van der Waals surface area contributed by atoms with Crippen LogP contribution >= 0.6 is 11.3 Å². The van der Waals surface area contributed by atoms with Crippen molar-refractivity contribution < 1.29 is 0 Å². The number of rotatable bonds is 3. The van der Waals surface area contributed by atoms with Gasteiger partial charge in [-0.25, -0.2) is 9.97 Å². The molecule has 0 fully saturated rings. The summed E-state index contributed by atoms with van der Waals surface area (Å²) in [5, 5.41) is 11.4. The lowest BCUT2D eigenvalue weighted by Crippen LogP contribution is -1.96. The molecule has 0 atom stereocenters. The number of fused-ring (bicyclic) bond motifs is 15. The van der Waals surface area contributed by atoms with E-state index in [1.807, 2.05) is 6.07 Å². The lowest BCUT2D eigenvalue weighted by atomic mass is 9.99. The average molecular weight is 717 g/mol. The zero-order chi connectivity index (χ0) is 35.8. The first kappa shape index (κ1) is 29.4. The second-order valence-corrected chi connectivity index (χ2v) is 15.6. The van der Waals surface area contributed by atoms with Gasteiger partial charge in [-0.1, -0.05) is 127 Å². The number of hydrogen-bond acceptors (Lipinski definition) is 3. The second-order valence-electron chi connectivity index (χ2n) is 14.5. The maximum atomic E-state index is 5.26. The summed E-state index contributed by atoms with van der Waals surface area (Å²) in [4.78, 5) is 10.4. The quantitative estimate of drug-likeness (QED) is 0.182. The molecule has 0 aliphatic rings. The zero-order valence-corrected chi connectivity index (χ0v) is 30.2. The van der Waals surface area contributed by atoms with Crippen molar-refractivity contribution in [3.05, 3.63) is 170 Å². The molecule has 0 aliphatic carbocycles. The summed E-state index contributed by atoms with van der Waals surface area (Å²) in [7, 11) is 0. The van der Waals surface area contributed by atoms with Gasteiger partial charge in [-0.05, 0) is 53.2 Å². The molecule has 0 aliphatic heterocycles. The minimum atomic E-state index is 0.742. The molecule has 0 radical (unpaired) electrons. The Labute approximate surface area is 318 Å². The topological polar surface area (TPSA) is 35.1 Å². The van der Waals surface area contributed by atoms with E-state index in [1.54, 1.807) is 11.3 Å². The molecule has 13 aromatic rings. The van der Waals surface area contributed by atoms with Gasteiger partial charge in [0, 0.05) is 59.2 Å². The van der Waals surface area contributed by atoms with E-state index < -0.39 is 0 Å². The predicted molar refractivity (Wildman–Crippen MR) is 232 cm³/mol. The molecule has 254 valence electrons. The largest absolute Gasteiger partial charge is 0.309 e. The number of para-hydroxylation sites is 2. The summed E-state index contributed by atoms with van der Waals surface area (Å²) < 4.78 is 7.32. The lowest BCUT2D eigenvalue weighted by Gasteiger charge is -2.12. The van der Waals surface area contributed by atoms with E-state index in [0.29, 0.717) is 0 Å². The number of aromatic nitrogens is 4. The maximum absolute atomic E-state index is 5.26. The second kappa shape index (κ2) is 10.8. The van der Waals surface area contributed by atoms with E-state index in [1.165, 1.54) is 80.8 Å². The van der Waals surface area contributed by atoms with Crippen LogP contribution in [0.1, 0.15) is 0 Å². The van der Waals surface area contributed by atoms with E-state index in [4.69, 9.17) is 9.97 Å². The number of hydrogen-bond donors (Lipinski definition) is 0. The third kappa shape index (κ3) is 3.89. The third-order valence-corrected chi connectivity index (χ3v) is 12.8. The van der Waals surface area contributed by atoms with Crippen LogP contribution in [0.5, 0.6) is 0 Å². The molecule has 0 N–H and O–H groups in total. The first-order chi connectivity index (χ1) is 27.3. The number of nitrogens with zero attached hydrogens (tertiary/aromatic N) is 4. The van der Waals surface area contributed by atoms with Crippen molar-refractivity contribution in [2.24, 2.45) is 0 Å². The normalized spacial score (nSPS) is 12.4. The molecule has 55 heavy (non-hydrogen) atoms. The van der Waals surface area contributed by atoms with E-state index in [-0.39, 0.29) is 0 Å². The van der Waals surface area contributed by atoms with Crippen LogP contribution in [0.3, 0.4) is 0 Å². The Morgan fingerprint density at radius 2 is 1.11 bits per heavy atom. The molecule has 0 unspecified atom stereocenters. The monoisotopic (exact) mass is 716 g/mol. The van der Waals surface area contributed by atoms with Crippen LogP contribution < -0.4 is 0 Å². The van der Waals surface area contributed by atoms with Crippen LogP contribution in [0.2, 0.25) is 0 Å². The van der Waals surface area contributed by atoms with Gasteiger partial charge in [0.25, 0.3) is 0 Å². The molecular formula is C50H28N4S. The fraction of sp³-hybridized carbons (Fsp3) is 0. The SMILES string of the molecule is c1ccc(-c2nc(-c3ccc(-n4c5ccccc5c5cc6c7ccccc7n7c8ccc9ccccc9c8c(c54)c67)cc3)c3sc4ccccc4c3n2)cc1. The predicted octanol–water partition coefficient (Wildman–Crippen LogP) is 13.6. The third-order valence-electron chi connectivity index (χ3n) is 11.6. The average Bonchev–Trinajstić information content (AvgIpc) is 3.99. The molecule has 0 amide bonds. The van der Waals surface area contributed by atoms with Crippen molar-refractivity contribution in [1.82, 2.24) is 18.9 Å². The van der Waals surface area contributed by atoms with Crippen LogP contribution in [0.4, 0.5) is 0 Å². The van der Waals surface area contributed by atoms with E-state index >= 15 is 0 Å². The molecule has 0 saturated carbocycles. The molecule has 13 rings (SSSR count). The molecule has 5 heteroatoms. The van der Waals surface area contributed by atoms with Crippen LogP contribution in [-0.4, -0.2) is 18.9 Å². The van der Waals surface area contributed by atoms with Crippen LogP contribution in [-0.2, 0) is 0 Å². The Hall–Kier alpha value is -7.08. The van der Waals surface area contributed by atoms with Gasteiger partial charge < -0.3 is 8.97 Å². The van der Waals surface area contributed by atoms with Crippen molar-refractivity contribution in [2.75, 3.05) is 0 Å². The minimum Gasteiger partial charge on any atom is -0.309 e. The summed E-state index contributed by atoms with van der Waals surface area (Å²) in [6.07, 6.45) is 0. The molecular weight excluding hydrogens is 689 g/mol. The first-order valence-electron chi connectivity index (χ1n) is 18.7. The summed E-state index contributed by atoms with van der Waals surface area (Å²) in [5.74, 6) is 0.742. The van der Waals surface area contributed by atoms with Crippen molar-refractivity contribution in [3.63, 3.8) is 0 Å². The van der Waals surface area contributed by atoms with Gasteiger partial charge >= 0.3 is 0 Å². The van der Waals surface area contributed by atoms with Crippen molar-refractivity contribution in [3.8, 4) is 28.3 Å². The van der Waals surface area contributed by atoms with Gasteiger partial charge in [0.15, 0.2) is 5.82 Å². The Morgan fingerprint density at radius 1 is 0.436 bits per heavy atom. The Balaban J connectivity index is 1.12. The van der Waals surface area contributed by atoms with Gasteiger partial charge in [0.1, 0.15) is 0 Å². The number of benzene rings is 8. The Bertz CT molecular complexity index is 3700. The van der Waals surface area contributed by atoms with Crippen LogP contribution in [0, 0.1) is 0 Å². The molecule has 5 aromatic heterocycles. The Kier molecular flexibility index (Phi) is 5.74. The van der Waals surface area contributed by atoms with Crippen LogP contribution in [0.25, 0.3) is 119 Å². The fourth-order valence-electron chi connectivity index (χ4n) is 9.31. The minimum absolute atomic E-state index is 0.742. The summed E-state index contributed by atoms with van der Waals surface area (Å²) in [5.41, 5.74) is 11.4. The molecule has 0 bridgehead atoms. The van der Waals surface area contributed by atoms with E-state index in [0.717, 1.165) is 38.5 Å². The lowest BCUT2D eigenvalue weighted by molar-refractivity contribution is 1.18. The van der Waals surface area contributed by atoms with Gasteiger partial charge in [0.05, 0.1) is 43.5 Å². The molecule has 0 saturated heterocycles. The van der Waals surface area contributed by atoms with Gasteiger partial charge in [-0.2, -0.15) is 0 Å². The van der Waals surface area contributed by atoms with Gasteiger partial charge in [0.2, 0.25) is 0 Å². The van der Waals surface area contributed by atoms with Crippen LogP contribution in [0.15, 0.2) is 170 Å². The summed E-state index contributed by atoms with van der Waals surface area (Å²) >= 11 is 1.77. The highest BCUT2D eigenvalue weighted by molar-refractivity contribution is 7.26. The van der Waals surface area contributed by atoms with Crippen molar-refractivity contribution in [1.29, 1.82) is 0 Å². The van der Waals surface area contributed by atoms with Gasteiger partial charge in [-0.3, -0.25) is 0 Å². The summed E-state index contributed by atoms with van der Waals surface area (Å²) in [6, 6.07) is 61.5. The smallest absolute Gasteiger partial charge is 0.160 e. The molecule has 8 aromatic carbocycles. The summed E-state index contributed by atoms with van der Waals surface area (Å²) in [6.45, 7) is 0. The Morgan fingerprint density at radius 3 is 1.95 bits per heavy atom. The standard InChI is InChI=1S/C50H28N4S/c1-2-13-31(14-3-1)50-51-45(49-46(52-50)36-18-8-11-21-42(36)55-49)30-22-25-32(26-23-30)53-39-19-9-6-16-34(39)37-28-38-35-17-7-10-20-40(35)54-41-27-24-29-12-4-5-15-33(29)43(41)44(47(37)53)48(38)54/h1-28H. The molecule has 0 spiro atoms. The van der Waals surface area contributed by atoms with Crippen molar-refractivity contribution >= 4 is 102 Å². The highest BCUT2D eigenvalue weighted by atomic mass is 32.1. The van der Waals surface area contributed by atoms with Crippen molar-refractivity contribution in [2.45, 2.75) is 0 Å². The highest BCUT2D eigenvalue weighted by Crippen LogP contribution is 2.48.